The molecule has 0 aliphatic carbocycles. The number of hydrogen-bond acceptors (Lipinski definition) is 7. The summed E-state index contributed by atoms with van der Waals surface area (Å²) in [5.41, 5.74) is 2.32. The predicted octanol–water partition coefficient (Wildman–Crippen LogP) is 3.53. The molecule has 0 aliphatic rings. The van der Waals surface area contributed by atoms with Gasteiger partial charge in [-0.3, -0.25) is 0 Å². The van der Waals surface area contributed by atoms with E-state index in [0.717, 1.165) is 0 Å². The van der Waals surface area contributed by atoms with Crippen molar-refractivity contribution in [2.45, 2.75) is 6.92 Å². The normalized spacial score (nSPS) is 10.3. The Kier molecular flexibility index (Phi) is 4.93. The molecule has 0 atom stereocenters. The van der Waals surface area contributed by atoms with Crippen molar-refractivity contribution in [1.29, 1.82) is 0 Å². The lowest BCUT2D eigenvalue weighted by Gasteiger charge is -1.94. The number of rotatable bonds is 3. The number of carbonyl (C=O) groups excluding carboxylic acids is 1. The summed E-state index contributed by atoms with van der Waals surface area (Å²) in [6.07, 6.45) is 0. The second kappa shape index (κ2) is 7.47. The van der Waals surface area contributed by atoms with Crippen LogP contribution in [0.25, 0.3) is 22.2 Å². The minimum atomic E-state index is -1.15. The van der Waals surface area contributed by atoms with Gasteiger partial charge in [0.25, 0.3) is 0 Å². The average Bonchev–Trinajstić information content (AvgIpc) is 3.26. The number of hydrogen-bond donors (Lipinski definition) is 1. The standard InChI is InChI=1S/C10H9NO3.C8H5NO3/c1-2-13-10(12)9-11-7-5-3-4-6-8(7)14-9;10-8(11)7-9-5-3-1-2-4-6(5)12-7/h3-6H,2H2,1H3;1-4H,(H,10,11). The van der Waals surface area contributed by atoms with E-state index in [-0.39, 0.29) is 11.8 Å². The highest BCUT2D eigenvalue weighted by atomic mass is 16.5. The number of oxazole rings is 2. The van der Waals surface area contributed by atoms with E-state index in [1.807, 2.05) is 12.1 Å². The third-order valence-corrected chi connectivity index (χ3v) is 3.22. The third-order valence-electron chi connectivity index (χ3n) is 3.22. The summed E-state index contributed by atoms with van der Waals surface area (Å²) in [6, 6.07) is 14.1. The fraction of sp³-hybridized carbons (Fsp3) is 0.111. The highest BCUT2D eigenvalue weighted by Gasteiger charge is 2.14. The number of fused-ring (bicyclic) bond motifs is 2. The molecule has 0 aliphatic heterocycles. The number of aromatic nitrogens is 2. The fourth-order valence-corrected chi connectivity index (χ4v) is 2.12. The van der Waals surface area contributed by atoms with E-state index in [9.17, 15) is 9.59 Å². The number of carboxylic acids is 1. The quantitative estimate of drug-likeness (QED) is 0.555. The van der Waals surface area contributed by atoms with Crippen LogP contribution < -0.4 is 0 Å². The van der Waals surface area contributed by atoms with E-state index >= 15 is 0 Å². The average molecular weight is 354 g/mol. The van der Waals surface area contributed by atoms with Gasteiger partial charge in [0.2, 0.25) is 0 Å². The van der Waals surface area contributed by atoms with Crippen molar-refractivity contribution in [2.75, 3.05) is 6.61 Å². The zero-order valence-corrected chi connectivity index (χ0v) is 13.7. The van der Waals surface area contributed by atoms with E-state index in [4.69, 9.17) is 18.7 Å². The summed E-state index contributed by atoms with van der Waals surface area (Å²) in [6.45, 7) is 2.05. The molecule has 132 valence electrons. The molecule has 0 bridgehead atoms. The van der Waals surface area contributed by atoms with Crippen molar-refractivity contribution in [3.8, 4) is 0 Å². The first-order valence-electron chi connectivity index (χ1n) is 7.70. The van der Waals surface area contributed by atoms with Crippen molar-refractivity contribution in [3.05, 3.63) is 60.3 Å². The second-order valence-electron chi connectivity index (χ2n) is 5.00. The van der Waals surface area contributed by atoms with Gasteiger partial charge in [0.15, 0.2) is 11.2 Å². The molecule has 0 saturated heterocycles. The maximum absolute atomic E-state index is 11.2. The number of para-hydroxylation sites is 4. The number of carboxylic acid groups (broad SMARTS) is 1. The largest absolute Gasteiger partial charge is 0.474 e. The topological polar surface area (TPSA) is 116 Å². The van der Waals surface area contributed by atoms with Gasteiger partial charge in [0.05, 0.1) is 6.61 Å². The van der Waals surface area contributed by atoms with Gasteiger partial charge < -0.3 is 18.7 Å². The molecule has 1 N–H and O–H groups in total. The Morgan fingerprint density at radius 2 is 1.42 bits per heavy atom. The molecule has 0 radical (unpaired) electrons. The van der Waals surface area contributed by atoms with E-state index in [0.29, 0.717) is 28.8 Å². The third kappa shape index (κ3) is 3.69. The zero-order valence-electron chi connectivity index (χ0n) is 13.7. The predicted molar refractivity (Wildman–Crippen MR) is 90.9 cm³/mol. The second-order valence-corrected chi connectivity index (χ2v) is 5.00. The van der Waals surface area contributed by atoms with Gasteiger partial charge in [-0.2, -0.15) is 0 Å². The van der Waals surface area contributed by atoms with Gasteiger partial charge in [0.1, 0.15) is 11.0 Å². The van der Waals surface area contributed by atoms with Gasteiger partial charge in [-0.1, -0.05) is 24.3 Å². The van der Waals surface area contributed by atoms with Crippen LogP contribution in [-0.4, -0.2) is 33.6 Å². The summed E-state index contributed by atoms with van der Waals surface area (Å²) >= 11 is 0. The molecule has 2 aromatic carbocycles. The number of benzene rings is 2. The Bertz CT molecular complexity index is 1000. The van der Waals surface area contributed by atoms with E-state index < -0.39 is 11.9 Å². The molecule has 0 saturated carbocycles. The van der Waals surface area contributed by atoms with Gasteiger partial charge in [-0.25, -0.2) is 19.6 Å². The molecule has 0 unspecified atom stereocenters. The highest BCUT2D eigenvalue weighted by molar-refractivity contribution is 5.88. The molecular weight excluding hydrogens is 340 g/mol. The summed E-state index contributed by atoms with van der Waals surface area (Å²) < 4.78 is 14.9. The van der Waals surface area contributed by atoms with Crippen molar-refractivity contribution >= 4 is 34.1 Å². The lowest BCUT2D eigenvalue weighted by Crippen LogP contribution is -2.04. The van der Waals surface area contributed by atoms with Crippen molar-refractivity contribution in [1.82, 2.24) is 9.97 Å². The number of esters is 1. The molecule has 4 aromatic rings. The van der Waals surface area contributed by atoms with Crippen LogP contribution >= 0.6 is 0 Å². The monoisotopic (exact) mass is 354 g/mol. The Hall–Kier alpha value is -3.68. The summed E-state index contributed by atoms with van der Waals surface area (Å²) in [4.78, 5) is 29.4. The van der Waals surface area contributed by atoms with Gasteiger partial charge >= 0.3 is 23.7 Å². The first kappa shape index (κ1) is 17.2. The van der Waals surface area contributed by atoms with E-state index in [2.05, 4.69) is 9.97 Å². The van der Waals surface area contributed by atoms with Crippen LogP contribution in [0.5, 0.6) is 0 Å². The van der Waals surface area contributed by atoms with Gasteiger partial charge in [-0.05, 0) is 31.2 Å². The van der Waals surface area contributed by atoms with Crippen LogP contribution in [0.1, 0.15) is 28.3 Å². The highest BCUT2D eigenvalue weighted by Crippen LogP contribution is 2.15. The number of ether oxygens (including phenoxy) is 1. The molecular formula is C18H14N2O6. The summed E-state index contributed by atoms with van der Waals surface area (Å²) in [7, 11) is 0. The van der Waals surface area contributed by atoms with Crippen LogP contribution in [0.2, 0.25) is 0 Å². The zero-order chi connectivity index (χ0) is 18.5. The van der Waals surface area contributed by atoms with Crippen LogP contribution in [0.3, 0.4) is 0 Å². The first-order valence-corrected chi connectivity index (χ1v) is 7.70. The first-order chi connectivity index (χ1) is 12.6. The fourth-order valence-electron chi connectivity index (χ4n) is 2.12. The molecule has 0 amide bonds. The molecule has 4 rings (SSSR count). The van der Waals surface area contributed by atoms with E-state index in [1.165, 1.54) is 0 Å². The van der Waals surface area contributed by atoms with Crippen LogP contribution in [0, 0.1) is 0 Å². The minimum absolute atomic E-state index is 0.00745. The molecule has 8 nitrogen and oxygen atoms in total. The summed E-state index contributed by atoms with van der Waals surface area (Å²) in [5.74, 6) is -1.93. The number of carbonyl (C=O) groups is 2. The SMILES string of the molecule is CCOC(=O)c1nc2ccccc2o1.O=C(O)c1nc2ccccc2o1. The Morgan fingerprint density at radius 3 is 1.92 bits per heavy atom. The molecule has 26 heavy (non-hydrogen) atoms. The Morgan fingerprint density at radius 1 is 0.923 bits per heavy atom. The van der Waals surface area contributed by atoms with Crippen LogP contribution in [-0.2, 0) is 4.74 Å². The number of nitrogens with zero attached hydrogens (tertiary/aromatic N) is 2. The van der Waals surface area contributed by atoms with Gasteiger partial charge in [-0.15, -0.1) is 0 Å². The Balaban J connectivity index is 0.000000152. The molecule has 2 heterocycles. The van der Waals surface area contributed by atoms with Crippen LogP contribution in [0.15, 0.2) is 57.4 Å². The van der Waals surface area contributed by atoms with E-state index in [1.54, 1.807) is 43.3 Å². The van der Waals surface area contributed by atoms with Crippen LogP contribution in [0.4, 0.5) is 0 Å². The Labute approximate surface area is 147 Å². The molecule has 2 aromatic heterocycles. The maximum Gasteiger partial charge on any atom is 0.394 e. The molecule has 0 spiro atoms. The van der Waals surface area contributed by atoms with Gasteiger partial charge in [0, 0.05) is 0 Å². The van der Waals surface area contributed by atoms with Crippen molar-refractivity contribution < 1.29 is 28.3 Å². The smallest absolute Gasteiger partial charge is 0.394 e. The summed E-state index contributed by atoms with van der Waals surface area (Å²) in [5, 5.41) is 8.53. The minimum Gasteiger partial charge on any atom is -0.474 e. The lowest BCUT2D eigenvalue weighted by molar-refractivity contribution is 0.0483. The molecule has 8 heteroatoms. The number of aromatic carboxylic acids is 1. The van der Waals surface area contributed by atoms with Crippen molar-refractivity contribution in [3.63, 3.8) is 0 Å². The lowest BCUT2D eigenvalue weighted by atomic mass is 10.3. The van der Waals surface area contributed by atoms with Crippen molar-refractivity contribution in [2.24, 2.45) is 0 Å². The molecule has 0 fully saturated rings. The maximum atomic E-state index is 11.2.